The smallest absolute Gasteiger partial charge is 0.319 e. The second kappa shape index (κ2) is 18.7. The molecule has 0 spiro atoms. The van der Waals surface area contributed by atoms with Crippen LogP contribution in [0, 0.1) is 17.2 Å². The van der Waals surface area contributed by atoms with Gasteiger partial charge in [0.2, 0.25) is 11.8 Å². The molecule has 6 saturated heterocycles. The zero-order valence-corrected chi connectivity index (χ0v) is 41.8. The maximum atomic E-state index is 17.2. The molecule has 7 aliphatic heterocycles. The molecule has 13 rings (SSSR count). The van der Waals surface area contributed by atoms with Crippen molar-refractivity contribution in [2.24, 2.45) is 11.3 Å². The van der Waals surface area contributed by atoms with Crippen LogP contribution in [0.1, 0.15) is 79.8 Å². The highest BCUT2D eigenvalue weighted by Gasteiger charge is 2.46. The zero-order valence-electron chi connectivity index (χ0n) is 41.8. The predicted molar refractivity (Wildman–Crippen MR) is 276 cm³/mol. The molecule has 5 aromatic rings. The number of halogens is 1. The van der Waals surface area contributed by atoms with Crippen LogP contribution in [0.3, 0.4) is 0 Å². The van der Waals surface area contributed by atoms with E-state index >= 15 is 4.39 Å². The summed E-state index contributed by atoms with van der Waals surface area (Å²) in [6.45, 7) is 15.0. The largest absolute Gasteiger partial charge is 0.508 e. The zero-order chi connectivity index (χ0) is 49.5. The molecule has 16 nitrogen and oxygen atoms in total. The van der Waals surface area contributed by atoms with Crippen molar-refractivity contribution >= 4 is 50.9 Å². The van der Waals surface area contributed by atoms with Crippen LogP contribution in [-0.4, -0.2) is 167 Å². The standard InChI is InChI=1S/C56H66FN11O5/c1-2-35-4-3-5-36-23-42(69)24-44(48(35)36)50-49(57)51-45(25-58-50)52(67-28-38-6-7-39(29-67)59-38)62-55(61-51)73-33-56(14-15-56)32-63-16-12-34(13-17-63)26-64-30-41(31-64)66-20-18-65(19-21-66)40-8-9-43-37(22-40)27-68(54(43)72)46-10-11-47(70)60-53(46)71/h3-5,8-9,22-25,34,38-39,41,46,59,69H,2,6-7,10-21,26-33H2,1H3,(H,60,70,71). The third-order valence-electron chi connectivity index (χ3n) is 17.7. The number of ether oxygens (including phenoxy) is 1. The number of imide groups is 1. The first kappa shape index (κ1) is 46.8. The Morgan fingerprint density at radius 3 is 2.40 bits per heavy atom. The topological polar surface area (TPSA) is 163 Å². The number of likely N-dealkylation sites (tertiary alicyclic amines) is 2. The predicted octanol–water partition coefficient (Wildman–Crippen LogP) is 5.33. The minimum atomic E-state index is -0.599. The summed E-state index contributed by atoms with van der Waals surface area (Å²) in [7, 11) is 0. The fraction of sp³-hybridized carbons (Fsp3) is 0.536. The Kier molecular flexibility index (Phi) is 12.0. The molecule has 1 aliphatic carbocycles. The number of phenols is 1. The number of benzene rings is 3. The van der Waals surface area contributed by atoms with Gasteiger partial charge in [0.15, 0.2) is 5.82 Å². The summed E-state index contributed by atoms with van der Waals surface area (Å²) < 4.78 is 23.8. The van der Waals surface area contributed by atoms with E-state index in [1.54, 1.807) is 23.2 Å². The van der Waals surface area contributed by atoms with Crippen molar-refractivity contribution in [3.8, 4) is 23.0 Å². The van der Waals surface area contributed by atoms with Gasteiger partial charge >= 0.3 is 6.01 Å². The van der Waals surface area contributed by atoms with Crippen LogP contribution in [-0.2, 0) is 22.6 Å². The van der Waals surface area contributed by atoms with Crippen molar-refractivity contribution in [1.82, 2.24) is 45.2 Å². The third-order valence-corrected chi connectivity index (χ3v) is 17.7. The van der Waals surface area contributed by atoms with Gasteiger partial charge in [-0.3, -0.25) is 34.5 Å². The molecule has 3 atom stereocenters. The average molecular weight is 992 g/mol. The Hall–Kier alpha value is -6.01. The van der Waals surface area contributed by atoms with Crippen molar-refractivity contribution in [2.45, 2.75) is 95.4 Å². The molecular formula is C56H66FN11O5. The number of anilines is 2. The quantitative estimate of drug-likeness (QED) is 0.130. The second-order valence-electron chi connectivity index (χ2n) is 22.6. The fourth-order valence-electron chi connectivity index (χ4n) is 13.4. The number of nitrogens with zero attached hydrogens (tertiary/aromatic N) is 9. The normalized spacial score (nSPS) is 24.9. The minimum absolute atomic E-state index is 0.0334. The molecule has 9 heterocycles. The number of aromatic hydroxyl groups is 1. The summed E-state index contributed by atoms with van der Waals surface area (Å²) in [4.78, 5) is 66.3. The number of hydrogen-bond donors (Lipinski definition) is 3. The third kappa shape index (κ3) is 8.93. The molecule has 2 aromatic heterocycles. The van der Waals surface area contributed by atoms with Crippen LogP contribution < -0.4 is 25.2 Å². The van der Waals surface area contributed by atoms with Crippen molar-refractivity contribution in [3.63, 3.8) is 0 Å². The van der Waals surface area contributed by atoms with E-state index in [0.29, 0.717) is 65.9 Å². The first-order chi connectivity index (χ1) is 35.5. The van der Waals surface area contributed by atoms with Gasteiger partial charge in [-0.1, -0.05) is 25.1 Å². The number of amides is 3. The Bertz CT molecular complexity index is 2990. The van der Waals surface area contributed by atoms with E-state index in [2.05, 4.69) is 48.1 Å². The molecule has 3 unspecified atom stereocenters. The summed E-state index contributed by atoms with van der Waals surface area (Å²) >= 11 is 0. The van der Waals surface area contributed by atoms with Crippen LogP contribution in [0.5, 0.6) is 11.8 Å². The van der Waals surface area contributed by atoms with Crippen molar-refractivity contribution < 1.29 is 28.6 Å². The van der Waals surface area contributed by atoms with Gasteiger partial charge in [-0.05, 0) is 123 Å². The van der Waals surface area contributed by atoms with E-state index in [-0.39, 0.29) is 52.5 Å². The number of aromatic nitrogens is 3. The number of piperazine rings is 2. The van der Waals surface area contributed by atoms with Crippen LogP contribution in [0.4, 0.5) is 15.9 Å². The highest BCUT2D eigenvalue weighted by atomic mass is 19.1. The maximum Gasteiger partial charge on any atom is 0.319 e. The van der Waals surface area contributed by atoms with Gasteiger partial charge in [0, 0.05) is 125 Å². The molecule has 1 saturated carbocycles. The number of pyridine rings is 1. The molecule has 0 radical (unpaired) electrons. The number of piperidine rings is 2. The van der Waals surface area contributed by atoms with E-state index in [0.717, 1.165) is 138 Å². The Balaban J connectivity index is 0.606. The van der Waals surface area contributed by atoms with Gasteiger partial charge in [-0.2, -0.15) is 9.97 Å². The molecule has 3 N–H and O–H groups in total. The summed E-state index contributed by atoms with van der Waals surface area (Å²) in [5, 5.41) is 19.2. The van der Waals surface area contributed by atoms with Gasteiger partial charge in [0.25, 0.3) is 5.91 Å². The number of aryl methyl sites for hydroxylation is 1. The number of nitrogens with one attached hydrogen (secondary N) is 2. The molecule has 382 valence electrons. The van der Waals surface area contributed by atoms with Crippen LogP contribution in [0.25, 0.3) is 32.9 Å². The van der Waals surface area contributed by atoms with E-state index in [9.17, 15) is 19.5 Å². The molecule has 8 aliphatic rings. The van der Waals surface area contributed by atoms with E-state index < -0.39 is 11.9 Å². The van der Waals surface area contributed by atoms with E-state index in [4.69, 9.17) is 19.7 Å². The lowest BCUT2D eigenvalue weighted by molar-refractivity contribution is -0.136. The first-order valence-electron chi connectivity index (χ1n) is 27.0. The molecular weight excluding hydrogens is 926 g/mol. The highest BCUT2D eigenvalue weighted by Crippen LogP contribution is 2.47. The number of rotatable bonds is 13. The lowest BCUT2D eigenvalue weighted by Gasteiger charge is -2.49. The summed E-state index contributed by atoms with van der Waals surface area (Å²) in [6, 6.07) is 16.3. The van der Waals surface area contributed by atoms with Crippen LogP contribution in [0.15, 0.2) is 54.7 Å². The Morgan fingerprint density at radius 1 is 0.849 bits per heavy atom. The van der Waals surface area contributed by atoms with Crippen molar-refractivity contribution in [2.75, 3.05) is 94.9 Å². The van der Waals surface area contributed by atoms with Gasteiger partial charge < -0.3 is 34.8 Å². The second-order valence-corrected chi connectivity index (χ2v) is 22.6. The van der Waals surface area contributed by atoms with E-state index in [1.807, 2.05) is 30.3 Å². The summed E-state index contributed by atoms with van der Waals surface area (Å²) in [5.74, 6) is 0.118. The first-order valence-corrected chi connectivity index (χ1v) is 27.0. The molecule has 17 heteroatoms. The Labute approximate surface area is 425 Å². The minimum Gasteiger partial charge on any atom is -0.508 e. The maximum absolute atomic E-state index is 17.2. The van der Waals surface area contributed by atoms with Crippen LogP contribution >= 0.6 is 0 Å². The van der Waals surface area contributed by atoms with Crippen molar-refractivity contribution in [1.29, 1.82) is 0 Å². The number of phenolic OH excluding ortho intramolecular Hbond substituents is 1. The highest BCUT2D eigenvalue weighted by molar-refractivity contribution is 6.06. The van der Waals surface area contributed by atoms with E-state index in [1.165, 1.54) is 12.8 Å². The SMILES string of the molecule is CCc1cccc2cc(O)cc(-c3ncc4c(N5CC6CCC(C5)N6)nc(OCC5(CN6CCC(CN7CC(N8CCN(c9ccc%10c(c9)CN(C9CCC(=O)NC9=O)C%10=O)CC8)C7)CC6)CC5)nc4c3F)c12. The molecule has 3 amide bonds. The number of hydrogen-bond acceptors (Lipinski definition) is 14. The van der Waals surface area contributed by atoms with Gasteiger partial charge in [-0.25, -0.2) is 4.39 Å². The molecule has 2 bridgehead atoms. The molecule has 7 fully saturated rings. The summed E-state index contributed by atoms with van der Waals surface area (Å²) in [6.07, 6.45) is 9.87. The van der Waals surface area contributed by atoms with Gasteiger partial charge in [0.1, 0.15) is 28.8 Å². The average Bonchev–Trinajstić information content (AvgIpc) is 3.96. The van der Waals surface area contributed by atoms with Crippen LogP contribution in [0.2, 0.25) is 0 Å². The number of fused-ring (bicyclic) bond motifs is 5. The number of carbonyl (C=O) groups excluding carboxylic acids is 3. The fourth-order valence-corrected chi connectivity index (χ4v) is 13.4. The lowest BCUT2D eigenvalue weighted by Crippen LogP contribution is -2.63. The van der Waals surface area contributed by atoms with Gasteiger partial charge in [-0.15, -0.1) is 0 Å². The lowest BCUT2D eigenvalue weighted by atomic mass is 9.93. The Morgan fingerprint density at radius 2 is 1.64 bits per heavy atom. The van der Waals surface area contributed by atoms with Crippen molar-refractivity contribution in [3.05, 3.63) is 77.2 Å². The molecule has 3 aromatic carbocycles. The number of carbonyl (C=O) groups is 3. The molecule has 73 heavy (non-hydrogen) atoms. The summed E-state index contributed by atoms with van der Waals surface area (Å²) in [5.41, 5.74) is 4.73. The monoisotopic (exact) mass is 992 g/mol. The van der Waals surface area contributed by atoms with Gasteiger partial charge in [0.05, 0.1) is 12.0 Å².